The van der Waals surface area contributed by atoms with Gasteiger partial charge in [0.05, 0.1) is 20.3 Å². The SMILES string of the molecule is CCOC(=NCc1cccnc1)NC(=O)c1cccc(OC)c1. The van der Waals surface area contributed by atoms with E-state index in [1.54, 1.807) is 43.8 Å². The molecule has 120 valence electrons. The first-order valence-electron chi connectivity index (χ1n) is 7.24. The number of carbonyl (C=O) groups excluding carboxylic acids is 1. The molecule has 0 fully saturated rings. The maximum absolute atomic E-state index is 12.3. The highest BCUT2D eigenvalue weighted by Gasteiger charge is 2.10. The van der Waals surface area contributed by atoms with Gasteiger partial charge in [-0.1, -0.05) is 12.1 Å². The lowest BCUT2D eigenvalue weighted by atomic mass is 10.2. The molecule has 0 aliphatic carbocycles. The standard InChI is InChI=1S/C17H19N3O3/c1-3-23-17(19-12-13-6-5-9-18-11-13)20-16(21)14-7-4-8-15(10-14)22-2/h4-11H,3,12H2,1-2H3,(H,19,20,21). The molecule has 1 amide bonds. The van der Waals surface area contributed by atoms with Gasteiger partial charge >= 0.3 is 0 Å². The van der Waals surface area contributed by atoms with E-state index >= 15 is 0 Å². The number of aliphatic imine (C=N–C) groups is 1. The molecule has 0 aliphatic heterocycles. The van der Waals surface area contributed by atoms with E-state index in [0.29, 0.717) is 24.5 Å². The second-order valence-corrected chi connectivity index (χ2v) is 4.60. The molecule has 0 saturated heterocycles. The molecule has 0 spiro atoms. The Morgan fingerprint density at radius 3 is 2.87 bits per heavy atom. The fourth-order valence-electron chi connectivity index (χ4n) is 1.85. The molecule has 0 saturated carbocycles. The number of benzene rings is 1. The van der Waals surface area contributed by atoms with E-state index < -0.39 is 0 Å². The molecule has 0 radical (unpaired) electrons. The summed E-state index contributed by atoms with van der Waals surface area (Å²) in [6.07, 6.45) is 3.41. The Morgan fingerprint density at radius 2 is 2.17 bits per heavy atom. The topological polar surface area (TPSA) is 72.8 Å². The maximum Gasteiger partial charge on any atom is 0.292 e. The molecule has 0 atom stereocenters. The number of carbonyl (C=O) groups is 1. The zero-order valence-corrected chi connectivity index (χ0v) is 13.2. The lowest BCUT2D eigenvalue weighted by Crippen LogP contribution is -2.32. The highest BCUT2D eigenvalue weighted by atomic mass is 16.5. The average molecular weight is 313 g/mol. The molecule has 0 bridgehead atoms. The molecule has 23 heavy (non-hydrogen) atoms. The van der Waals surface area contributed by atoms with Gasteiger partial charge in [-0.05, 0) is 36.8 Å². The molecule has 1 aromatic carbocycles. The molecule has 2 rings (SSSR count). The second kappa shape index (κ2) is 8.53. The molecular formula is C17H19N3O3. The molecule has 1 heterocycles. The van der Waals surface area contributed by atoms with Crippen LogP contribution in [0.2, 0.25) is 0 Å². The summed E-state index contributed by atoms with van der Waals surface area (Å²) >= 11 is 0. The average Bonchev–Trinajstić information content (AvgIpc) is 2.60. The number of ether oxygens (including phenoxy) is 2. The number of methoxy groups -OCH3 is 1. The van der Waals surface area contributed by atoms with Gasteiger partial charge in [-0.3, -0.25) is 15.1 Å². The zero-order valence-electron chi connectivity index (χ0n) is 13.2. The predicted molar refractivity (Wildman–Crippen MR) is 87.5 cm³/mol. The monoisotopic (exact) mass is 313 g/mol. The number of nitrogens with zero attached hydrogens (tertiary/aromatic N) is 2. The van der Waals surface area contributed by atoms with Crippen LogP contribution in [0.4, 0.5) is 0 Å². The first-order valence-corrected chi connectivity index (χ1v) is 7.24. The Morgan fingerprint density at radius 1 is 1.30 bits per heavy atom. The number of nitrogens with one attached hydrogen (secondary N) is 1. The first kappa shape index (κ1) is 16.5. The van der Waals surface area contributed by atoms with E-state index in [-0.39, 0.29) is 11.9 Å². The highest BCUT2D eigenvalue weighted by molar-refractivity contribution is 6.04. The molecule has 1 aromatic heterocycles. The fourth-order valence-corrected chi connectivity index (χ4v) is 1.85. The maximum atomic E-state index is 12.3. The van der Waals surface area contributed by atoms with Crippen LogP contribution in [0.5, 0.6) is 5.75 Å². The highest BCUT2D eigenvalue weighted by Crippen LogP contribution is 2.12. The van der Waals surface area contributed by atoms with E-state index in [2.05, 4.69) is 15.3 Å². The molecule has 0 aliphatic rings. The Labute approximate surface area is 135 Å². The van der Waals surface area contributed by atoms with E-state index in [9.17, 15) is 4.79 Å². The first-order chi connectivity index (χ1) is 11.2. The minimum Gasteiger partial charge on any atom is -0.497 e. The number of hydrogen-bond donors (Lipinski definition) is 1. The summed E-state index contributed by atoms with van der Waals surface area (Å²) < 4.78 is 10.5. The Hall–Kier alpha value is -2.89. The number of amidine groups is 1. The van der Waals surface area contributed by atoms with E-state index in [1.807, 2.05) is 19.1 Å². The number of hydrogen-bond acceptors (Lipinski definition) is 5. The van der Waals surface area contributed by atoms with Gasteiger partial charge < -0.3 is 9.47 Å². The van der Waals surface area contributed by atoms with Crippen molar-refractivity contribution in [2.24, 2.45) is 4.99 Å². The van der Waals surface area contributed by atoms with Crippen molar-refractivity contribution in [1.29, 1.82) is 0 Å². The van der Waals surface area contributed by atoms with Crippen LogP contribution in [0, 0.1) is 0 Å². The number of amides is 1. The summed E-state index contributed by atoms with van der Waals surface area (Å²) in [5.74, 6) is 0.310. The quantitative estimate of drug-likeness (QED) is 0.679. The summed E-state index contributed by atoms with van der Waals surface area (Å²) in [6.45, 7) is 2.61. The third-order valence-corrected chi connectivity index (χ3v) is 2.96. The molecule has 6 heteroatoms. The van der Waals surface area contributed by atoms with Gasteiger partial charge in [-0.15, -0.1) is 0 Å². The predicted octanol–water partition coefficient (Wildman–Crippen LogP) is 2.41. The van der Waals surface area contributed by atoms with Gasteiger partial charge in [-0.2, -0.15) is 0 Å². The number of pyridine rings is 1. The third kappa shape index (κ3) is 5.10. The van der Waals surface area contributed by atoms with E-state index in [0.717, 1.165) is 5.56 Å². The molecule has 0 unspecified atom stereocenters. The van der Waals surface area contributed by atoms with Gasteiger partial charge in [-0.25, -0.2) is 4.99 Å². The summed E-state index contributed by atoms with van der Waals surface area (Å²) in [5.41, 5.74) is 1.40. The zero-order chi connectivity index (χ0) is 16.5. The lowest BCUT2D eigenvalue weighted by Gasteiger charge is -2.10. The van der Waals surface area contributed by atoms with Crippen molar-refractivity contribution in [3.63, 3.8) is 0 Å². The van der Waals surface area contributed by atoms with Gasteiger partial charge in [0, 0.05) is 18.0 Å². The van der Waals surface area contributed by atoms with Crippen LogP contribution in [0.25, 0.3) is 0 Å². The molecule has 1 N–H and O–H groups in total. The van der Waals surface area contributed by atoms with Crippen molar-refractivity contribution < 1.29 is 14.3 Å². The minimum absolute atomic E-state index is 0.184. The van der Waals surface area contributed by atoms with Crippen LogP contribution in [-0.2, 0) is 11.3 Å². The van der Waals surface area contributed by atoms with Crippen molar-refractivity contribution in [3.05, 3.63) is 59.9 Å². The van der Waals surface area contributed by atoms with E-state index in [4.69, 9.17) is 9.47 Å². The normalized spacial score (nSPS) is 11.0. The fraction of sp³-hybridized carbons (Fsp3) is 0.235. The van der Waals surface area contributed by atoms with Gasteiger partial charge in [0.15, 0.2) is 0 Å². The van der Waals surface area contributed by atoms with Gasteiger partial charge in [0.2, 0.25) is 0 Å². The van der Waals surface area contributed by atoms with Gasteiger partial charge in [0.1, 0.15) is 5.75 Å². The molecule has 6 nitrogen and oxygen atoms in total. The smallest absolute Gasteiger partial charge is 0.292 e. The Bertz CT molecular complexity index is 672. The van der Waals surface area contributed by atoms with Crippen molar-refractivity contribution in [1.82, 2.24) is 10.3 Å². The van der Waals surface area contributed by atoms with Crippen molar-refractivity contribution in [3.8, 4) is 5.75 Å². The van der Waals surface area contributed by atoms with Crippen LogP contribution >= 0.6 is 0 Å². The largest absolute Gasteiger partial charge is 0.497 e. The Kier molecular flexibility index (Phi) is 6.11. The third-order valence-electron chi connectivity index (χ3n) is 2.96. The van der Waals surface area contributed by atoms with Crippen molar-refractivity contribution >= 4 is 11.9 Å². The van der Waals surface area contributed by atoms with Crippen LogP contribution in [-0.4, -0.2) is 30.6 Å². The van der Waals surface area contributed by atoms with Crippen molar-refractivity contribution in [2.45, 2.75) is 13.5 Å². The summed E-state index contributed by atoms with van der Waals surface area (Å²) in [6, 6.07) is 10.8. The number of aromatic nitrogens is 1. The molecular weight excluding hydrogens is 294 g/mol. The summed E-state index contributed by atoms with van der Waals surface area (Å²) in [7, 11) is 1.55. The van der Waals surface area contributed by atoms with Crippen LogP contribution < -0.4 is 10.1 Å². The molecule has 2 aromatic rings. The second-order valence-electron chi connectivity index (χ2n) is 4.60. The number of rotatable bonds is 5. The van der Waals surface area contributed by atoms with Crippen LogP contribution in [0.3, 0.4) is 0 Å². The minimum atomic E-state index is -0.303. The van der Waals surface area contributed by atoms with Crippen molar-refractivity contribution in [2.75, 3.05) is 13.7 Å². The van der Waals surface area contributed by atoms with Crippen LogP contribution in [0.15, 0.2) is 53.8 Å². The van der Waals surface area contributed by atoms with E-state index in [1.165, 1.54) is 0 Å². The summed E-state index contributed by atoms with van der Waals surface area (Å²) in [5, 5.41) is 2.67. The Balaban J connectivity index is 2.07. The van der Waals surface area contributed by atoms with Crippen LogP contribution in [0.1, 0.15) is 22.8 Å². The lowest BCUT2D eigenvalue weighted by molar-refractivity contribution is 0.0966. The summed E-state index contributed by atoms with van der Waals surface area (Å²) in [4.78, 5) is 20.6. The van der Waals surface area contributed by atoms with Gasteiger partial charge in [0.25, 0.3) is 11.9 Å².